The van der Waals surface area contributed by atoms with Crippen LogP contribution < -0.4 is 10.2 Å². The van der Waals surface area contributed by atoms with Crippen molar-refractivity contribution in [2.24, 2.45) is 0 Å². The summed E-state index contributed by atoms with van der Waals surface area (Å²) in [6, 6.07) is 20.5. The van der Waals surface area contributed by atoms with Crippen LogP contribution in [0, 0.1) is 0 Å². The average molecular weight is 323 g/mol. The van der Waals surface area contributed by atoms with Crippen LogP contribution in [0.15, 0.2) is 60.7 Å². The van der Waals surface area contributed by atoms with Crippen LogP contribution in [-0.4, -0.2) is 37.1 Å². The number of piperidine rings is 1. The van der Waals surface area contributed by atoms with E-state index in [0.29, 0.717) is 0 Å². The Kier molecular flexibility index (Phi) is 5.49. The Balaban J connectivity index is 1.46. The van der Waals surface area contributed by atoms with Gasteiger partial charge in [-0.3, -0.25) is 9.80 Å². The predicted octanol–water partition coefficient (Wildman–Crippen LogP) is 3.50. The molecule has 126 valence electrons. The van der Waals surface area contributed by atoms with Crippen molar-refractivity contribution in [3.63, 3.8) is 0 Å². The summed E-state index contributed by atoms with van der Waals surface area (Å²) in [6.07, 6.45) is 2.00. The van der Waals surface area contributed by atoms with Crippen LogP contribution in [0.4, 0.5) is 10.5 Å². The zero-order valence-corrected chi connectivity index (χ0v) is 14.2. The van der Waals surface area contributed by atoms with Gasteiger partial charge in [0.2, 0.25) is 0 Å². The van der Waals surface area contributed by atoms with Crippen LogP contribution in [-0.2, 0) is 6.54 Å². The minimum atomic E-state index is -0.0253. The summed E-state index contributed by atoms with van der Waals surface area (Å²) in [7, 11) is 1.81. The van der Waals surface area contributed by atoms with Gasteiger partial charge in [0.05, 0.1) is 0 Å². The van der Waals surface area contributed by atoms with Crippen molar-refractivity contribution in [1.82, 2.24) is 10.2 Å². The maximum absolute atomic E-state index is 12.4. The molecule has 3 rings (SSSR count). The molecule has 1 aliphatic rings. The largest absolute Gasteiger partial charge is 0.335 e. The number of carbonyl (C=O) groups is 1. The number of benzene rings is 2. The Morgan fingerprint density at radius 2 is 1.62 bits per heavy atom. The molecule has 2 aromatic rings. The van der Waals surface area contributed by atoms with E-state index in [9.17, 15) is 4.79 Å². The molecule has 1 heterocycles. The third kappa shape index (κ3) is 4.36. The van der Waals surface area contributed by atoms with E-state index in [4.69, 9.17) is 0 Å². The number of para-hydroxylation sites is 1. The van der Waals surface area contributed by atoms with Gasteiger partial charge in [-0.2, -0.15) is 0 Å². The van der Waals surface area contributed by atoms with E-state index < -0.39 is 0 Å². The first kappa shape index (κ1) is 16.5. The molecule has 0 aliphatic carbocycles. The molecule has 2 aromatic carbocycles. The van der Waals surface area contributed by atoms with E-state index >= 15 is 0 Å². The van der Waals surface area contributed by atoms with Gasteiger partial charge in [0.1, 0.15) is 0 Å². The predicted molar refractivity (Wildman–Crippen MR) is 98.1 cm³/mol. The van der Waals surface area contributed by atoms with Crippen LogP contribution in [0.3, 0.4) is 0 Å². The lowest BCUT2D eigenvalue weighted by atomic mass is 10.0. The lowest BCUT2D eigenvalue weighted by Crippen LogP contribution is -2.48. The third-order valence-electron chi connectivity index (χ3n) is 4.61. The molecule has 0 radical (unpaired) electrons. The molecule has 0 bridgehead atoms. The van der Waals surface area contributed by atoms with Crippen molar-refractivity contribution >= 4 is 11.7 Å². The SMILES string of the molecule is CN(C(=O)NC1CCN(Cc2ccccc2)CC1)c1ccccc1. The van der Waals surface area contributed by atoms with E-state index in [1.54, 1.807) is 4.90 Å². The van der Waals surface area contributed by atoms with E-state index in [0.717, 1.165) is 38.2 Å². The first-order chi connectivity index (χ1) is 11.7. The fraction of sp³-hybridized carbons (Fsp3) is 0.350. The van der Waals surface area contributed by atoms with Gasteiger partial charge in [-0.1, -0.05) is 48.5 Å². The molecule has 4 nitrogen and oxygen atoms in total. The Labute approximate surface area is 144 Å². The average Bonchev–Trinajstić information content (AvgIpc) is 2.64. The number of urea groups is 1. The second-order valence-corrected chi connectivity index (χ2v) is 6.38. The summed E-state index contributed by atoms with van der Waals surface area (Å²) >= 11 is 0. The highest BCUT2D eigenvalue weighted by Crippen LogP contribution is 2.15. The molecular weight excluding hydrogens is 298 g/mol. The first-order valence-corrected chi connectivity index (χ1v) is 8.58. The van der Waals surface area contributed by atoms with Gasteiger partial charge in [0, 0.05) is 38.4 Å². The number of nitrogens with one attached hydrogen (secondary N) is 1. The number of nitrogens with zero attached hydrogens (tertiary/aromatic N) is 2. The molecule has 0 saturated carbocycles. The van der Waals surface area contributed by atoms with Gasteiger partial charge in [-0.05, 0) is 30.5 Å². The van der Waals surface area contributed by atoms with Crippen molar-refractivity contribution in [3.05, 3.63) is 66.2 Å². The maximum atomic E-state index is 12.4. The number of hydrogen-bond donors (Lipinski definition) is 1. The lowest BCUT2D eigenvalue weighted by molar-refractivity contribution is 0.188. The highest BCUT2D eigenvalue weighted by molar-refractivity contribution is 5.91. The Morgan fingerprint density at radius 1 is 1.04 bits per heavy atom. The van der Waals surface area contributed by atoms with Crippen molar-refractivity contribution in [2.45, 2.75) is 25.4 Å². The zero-order chi connectivity index (χ0) is 16.8. The molecular formula is C20H25N3O. The number of carbonyl (C=O) groups excluding carboxylic acids is 1. The second-order valence-electron chi connectivity index (χ2n) is 6.38. The summed E-state index contributed by atoms with van der Waals surface area (Å²) in [5, 5.41) is 3.16. The summed E-state index contributed by atoms with van der Waals surface area (Å²) in [6.45, 7) is 3.04. The molecule has 2 amide bonds. The normalized spacial score (nSPS) is 15.9. The molecule has 1 saturated heterocycles. The van der Waals surface area contributed by atoms with Gasteiger partial charge in [-0.25, -0.2) is 4.79 Å². The number of rotatable bonds is 4. The van der Waals surface area contributed by atoms with Crippen molar-refractivity contribution < 1.29 is 4.79 Å². The molecule has 0 spiro atoms. The highest BCUT2D eigenvalue weighted by Gasteiger charge is 2.22. The minimum Gasteiger partial charge on any atom is -0.335 e. The fourth-order valence-corrected chi connectivity index (χ4v) is 3.12. The lowest BCUT2D eigenvalue weighted by Gasteiger charge is -2.33. The van der Waals surface area contributed by atoms with E-state index in [2.05, 4.69) is 40.5 Å². The van der Waals surface area contributed by atoms with Crippen molar-refractivity contribution in [1.29, 1.82) is 0 Å². The van der Waals surface area contributed by atoms with Crippen LogP contribution >= 0.6 is 0 Å². The second kappa shape index (κ2) is 7.97. The quantitative estimate of drug-likeness (QED) is 0.935. The molecule has 1 N–H and O–H groups in total. The van der Waals surface area contributed by atoms with Gasteiger partial charge < -0.3 is 5.32 Å². The fourth-order valence-electron chi connectivity index (χ4n) is 3.12. The number of likely N-dealkylation sites (tertiary alicyclic amines) is 1. The maximum Gasteiger partial charge on any atom is 0.321 e. The standard InChI is InChI=1S/C20H25N3O/c1-22(19-10-6-3-7-11-19)20(24)21-18-12-14-23(15-13-18)16-17-8-4-2-5-9-17/h2-11,18H,12-16H2,1H3,(H,21,24). The summed E-state index contributed by atoms with van der Waals surface area (Å²) in [4.78, 5) is 16.5. The number of hydrogen-bond acceptors (Lipinski definition) is 2. The number of amides is 2. The molecule has 4 heteroatoms. The molecule has 24 heavy (non-hydrogen) atoms. The van der Waals surface area contributed by atoms with Gasteiger partial charge in [-0.15, -0.1) is 0 Å². The molecule has 0 aromatic heterocycles. The smallest absolute Gasteiger partial charge is 0.321 e. The molecule has 1 aliphatic heterocycles. The Morgan fingerprint density at radius 3 is 2.25 bits per heavy atom. The van der Waals surface area contributed by atoms with E-state index in [-0.39, 0.29) is 12.1 Å². The van der Waals surface area contributed by atoms with Crippen LogP contribution in [0.5, 0.6) is 0 Å². The summed E-state index contributed by atoms with van der Waals surface area (Å²) in [5.74, 6) is 0. The minimum absolute atomic E-state index is 0.0253. The molecule has 1 fully saturated rings. The van der Waals surface area contributed by atoms with E-state index in [1.165, 1.54) is 5.56 Å². The number of anilines is 1. The topological polar surface area (TPSA) is 35.6 Å². The van der Waals surface area contributed by atoms with Crippen LogP contribution in [0.2, 0.25) is 0 Å². The third-order valence-corrected chi connectivity index (χ3v) is 4.61. The Bertz CT molecular complexity index is 636. The molecule has 0 unspecified atom stereocenters. The summed E-state index contributed by atoms with van der Waals surface area (Å²) < 4.78 is 0. The first-order valence-electron chi connectivity index (χ1n) is 8.58. The summed E-state index contributed by atoms with van der Waals surface area (Å²) in [5.41, 5.74) is 2.26. The van der Waals surface area contributed by atoms with Gasteiger partial charge in [0.25, 0.3) is 0 Å². The zero-order valence-electron chi connectivity index (χ0n) is 14.2. The van der Waals surface area contributed by atoms with Gasteiger partial charge >= 0.3 is 6.03 Å². The van der Waals surface area contributed by atoms with Gasteiger partial charge in [0.15, 0.2) is 0 Å². The highest BCUT2D eigenvalue weighted by atomic mass is 16.2. The monoisotopic (exact) mass is 323 g/mol. The van der Waals surface area contributed by atoms with Crippen molar-refractivity contribution in [3.8, 4) is 0 Å². The molecule has 0 atom stereocenters. The Hall–Kier alpha value is -2.33. The van der Waals surface area contributed by atoms with Crippen LogP contribution in [0.25, 0.3) is 0 Å². The van der Waals surface area contributed by atoms with Crippen molar-refractivity contribution in [2.75, 3.05) is 25.0 Å². The van der Waals surface area contributed by atoms with E-state index in [1.807, 2.05) is 37.4 Å². The van der Waals surface area contributed by atoms with Crippen LogP contribution in [0.1, 0.15) is 18.4 Å².